The molecule has 0 amide bonds. The van der Waals surface area contributed by atoms with Crippen molar-refractivity contribution in [3.8, 4) is 5.75 Å². The zero-order valence-electron chi connectivity index (χ0n) is 14.7. The third-order valence-electron chi connectivity index (χ3n) is 3.71. The summed E-state index contributed by atoms with van der Waals surface area (Å²) < 4.78 is 47.8. The summed E-state index contributed by atoms with van der Waals surface area (Å²) in [5.74, 6) is -0.336. The molecule has 142 valence electrons. The number of esters is 1. The highest BCUT2D eigenvalue weighted by Gasteiger charge is 2.29. The maximum atomic E-state index is 12.5. The van der Waals surface area contributed by atoms with Gasteiger partial charge in [-0.05, 0) is 48.9 Å². The molecule has 0 saturated heterocycles. The SMILES string of the molecule is COc1ccc(C(C)=O)cc1COC(=O)/C=C/c1ccc(C(F)(F)F)cc1. The lowest BCUT2D eigenvalue weighted by Gasteiger charge is -2.10. The van der Waals surface area contributed by atoms with Crippen LogP contribution < -0.4 is 4.74 Å². The lowest BCUT2D eigenvalue weighted by Crippen LogP contribution is -2.04. The molecule has 2 aromatic rings. The van der Waals surface area contributed by atoms with Gasteiger partial charge in [0.05, 0.1) is 12.7 Å². The summed E-state index contributed by atoms with van der Waals surface area (Å²) in [5, 5.41) is 0. The van der Waals surface area contributed by atoms with Crippen LogP contribution in [0.2, 0.25) is 0 Å². The average Bonchev–Trinajstić information content (AvgIpc) is 2.64. The first-order valence-corrected chi connectivity index (χ1v) is 7.90. The maximum absolute atomic E-state index is 12.5. The van der Waals surface area contributed by atoms with E-state index in [0.717, 1.165) is 18.2 Å². The van der Waals surface area contributed by atoms with E-state index in [4.69, 9.17) is 9.47 Å². The molecule has 0 fully saturated rings. The Hall–Kier alpha value is -3.09. The Morgan fingerprint density at radius 3 is 2.30 bits per heavy atom. The van der Waals surface area contributed by atoms with E-state index in [1.807, 2.05) is 0 Å². The number of benzene rings is 2. The molecule has 0 aliphatic rings. The number of carbonyl (C=O) groups is 2. The molecular formula is C20H17F3O4. The largest absolute Gasteiger partial charge is 0.496 e. The Bertz CT molecular complexity index is 853. The predicted molar refractivity (Wildman–Crippen MR) is 93.3 cm³/mol. The fourth-order valence-corrected chi connectivity index (χ4v) is 2.25. The number of hydrogen-bond acceptors (Lipinski definition) is 4. The Morgan fingerprint density at radius 1 is 1.07 bits per heavy atom. The summed E-state index contributed by atoms with van der Waals surface area (Å²) in [7, 11) is 1.46. The van der Waals surface area contributed by atoms with E-state index >= 15 is 0 Å². The van der Waals surface area contributed by atoms with Crippen LogP contribution in [0.5, 0.6) is 5.75 Å². The zero-order valence-corrected chi connectivity index (χ0v) is 14.7. The van der Waals surface area contributed by atoms with Gasteiger partial charge < -0.3 is 9.47 Å². The molecule has 27 heavy (non-hydrogen) atoms. The van der Waals surface area contributed by atoms with Crippen molar-refractivity contribution in [2.45, 2.75) is 19.7 Å². The van der Waals surface area contributed by atoms with Crippen LogP contribution in [-0.2, 0) is 22.3 Å². The monoisotopic (exact) mass is 378 g/mol. The number of ether oxygens (including phenoxy) is 2. The molecule has 4 nitrogen and oxygen atoms in total. The molecule has 2 aromatic carbocycles. The normalized spacial score (nSPS) is 11.4. The van der Waals surface area contributed by atoms with Gasteiger partial charge in [0.2, 0.25) is 0 Å². The minimum absolute atomic E-state index is 0.111. The van der Waals surface area contributed by atoms with E-state index in [1.54, 1.807) is 18.2 Å². The number of ketones is 1. The number of halogens is 3. The molecule has 0 aliphatic heterocycles. The third kappa shape index (κ3) is 5.70. The summed E-state index contributed by atoms with van der Waals surface area (Å²) in [4.78, 5) is 23.3. The first kappa shape index (κ1) is 20.2. The standard InChI is InChI=1S/C20H17F3O4/c1-13(24)15-6-9-18(26-2)16(11-15)12-27-19(25)10-5-14-3-7-17(8-4-14)20(21,22)23/h3-11H,12H2,1-2H3/b10-5+. The Balaban J connectivity index is 2.01. The van der Waals surface area contributed by atoms with Crippen LogP contribution in [-0.4, -0.2) is 18.9 Å². The fourth-order valence-electron chi connectivity index (χ4n) is 2.25. The smallest absolute Gasteiger partial charge is 0.416 e. The van der Waals surface area contributed by atoms with Crippen molar-refractivity contribution in [3.63, 3.8) is 0 Å². The molecule has 0 aromatic heterocycles. The number of Topliss-reactive ketones (excluding diaryl/α,β-unsaturated/α-hetero) is 1. The highest BCUT2D eigenvalue weighted by atomic mass is 19.4. The van der Waals surface area contributed by atoms with Gasteiger partial charge in [-0.25, -0.2) is 4.79 Å². The molecule has 0 atom stereocenters. The number of hydrogen-bond donors (Lipinski definition) is 0. The van der Waals surface area contributed by atoms with E-state index in [2.05, 4.69) is 0 Å². The van der Waals surface area contributed by atoms with Crippen LogP contribution in [0.4, 0.5) is 13.2 Å². The minimum Gasteiger partial charge on any atom is -0.496 e. The maximum Gasteiger partial charge on any atom is 0.416 e. The first-order chi connectivity index (χ1) is 12.7. The second kappa shape index (κ2) is 8.53. The molecule has 0 spiro atoms. The van der Waals surface area contributed by atoms with Gasteiger partial charge in [-0.3, -0.25) is 4.79 Å². The minimum atomic E-state index is -4.41. The average molecular weight is 378 g/mol. The van der Waals surface area contributed by atoms with Crippen molar-refractivity contribution in [3.05, 3.63) is 70.8 Å². The Kier molecular flexibility index (Phi) is 6.39. The molecule has 0 aliphatic carbocycles. The van der Waals surface area contributed by atoms with Gasteiger partial charge in [0, 0.05) is 17.2 Å². The van der Waals surface area contributed by atoms with E-state index < -0.39 is 17.7 Å². The van der Waals surface area contributed by atoms with Crippen molar-refractivity contribution in [1.82, 2.24) is 0 Å². The van der Waals surface area contributed by atoms with Crippen molar-refractivity contribution in [2.24, 2.45) is 0 Å². The Labute approximate surface area is 154 Å². The van der Waals surface area contributed by atoms with Crippen molar-refractivity contribution in [2.75, 3.05) is 7.11 Å². The number of rotatable bonds is 6. The third-order valence-corrected chi connectivity index (χ3v) is 3.71. The quantitative estimate of drug-likeness (QED) is 0.416. The number of carbonyl (C=O) groups excluding carboxylic acids is 2. The predicted octanol–water partition coefficient (Wildman–Crippen LogP) is 4.67. The summed E-state index contributed by atoms with van der Waals surface area (Å²) in [5.41, 5.74) is 0.652. The van der Waals surface area contributed by atoms with Crippen molar-refractivity contribution in [1.29, 1.82) is 0 Å². The van der Waals surface area contributed by atoms with E-state index in [-0.39, 0.29) is 12.4 Å². The van der Waals surface area contributed by atoms with E-state index in [1.165, 1.54) is 32.2 Å². The highest BCUT2D eigenvalue weighted by molar-refractivity contribution is 5.94. The molecule has 0 N–H and O–H groups in total. The molecule has 0 bridgehead atoms. The van der Waals surface area contributed by atoms with Crippen LogP contribution in [0, 0.1) is 0 Å². The van der Waals surface area contributed by atoms with Crippen LogP contribution in [0.15, 0.2) is 48.5 Å². The Morgan fingerprint density at radius 2 is 1.74 bits per heavy atom. The van der Waals surface area contributed by atoms with Crippen LogP contribution in [0.1, 0.15) is 34.0 Å². The van der Waals surface area contributed by atoms with Crippen LogP contribution in [0.3, 0.4) is 0 Å². The van der Waals surface area contributed by atoms with Gasteiger partial charge in [-0.1, -0.05) is 12.1 Å². The van der Waals surface area contributed by atoms with Gasteiger partial charge in [0.15, 0.2) is 5.78 Å². The van der Waals surface area contributed by atoms with Gasteiger partial charge in [-0.15, -0.1) is 0 Å². The van der Waals surface area contributed by atoms with Gasteiger partial charge in [-0.2, -0.15) is 13.2 Å². The van der Waals surface area contributed by atoms with Crippen molar-refractivity contribution >= 4 is 17.8 Å². The molecule has 0 unspecified atom stereocenters. The second-order valence-electron chi connectivity index (χ2n) is 5.64. The molecule has 2 rings (SSSR count). The highest BCUT2D eigenvalue weighted by Crippen LogP contribution is 2.29. The molecule has 0 heterocycles. The van der Waals surface area contributed by atoms with E-state index in [0.29, 0.717) is 22.4 Å². The summed E-state index contributed by atoms with van der Waals surface area (Å²) >= 11 is 0. The zero-order chi connectivity index (χ0) is 20.0. The van der Waals surface area contributed by atoms with Crippen molar-refractivity contribution < 1.29 is 32.2 Å². The number of methoxy groups -OCH3 is 1. The fraction of sp³-hybridized carbons (Fsp3) is 0.200. The van der Waals surface area contributed by atoms with E-state index in [9.17, 15) is 22.8 Å². The molecule has 7 heteroatoms. The number of alkyl halides is 3. The topological polar surface area (TPSA) is 52.6 Å². The molecule has 0 radical (unpaired) electrons. The summed E-state index contributed by atoms with van der Waals surface area (Å²) in [6.07, 6.45) is -1.94. The second-order valence-corrected chi connectivity index (χ2v) is 5.64. The summed E-state index contributed by atoms with van der Waals surface area (Å²) in [6.45, 7) is 1.31. The van der Waals surface area contributed by atoms with Gasteiger partial charge >= 0.3 is 12.1 Å². The van der Waals surface area contributed by atoms with Gasteiger partial charge in [0.25, 0.3) is 0 Å². The lowest BCUT2D eigenvalue weighted by atomic mass is 10.1. The molecular weight excluding hydrogens is 361 g/mol. The van der Waals surface area contributed by atoms with Crippen LogP contribution >= 0.6 is 0 Å². The van der Waals surface area contributed by atoms with Gasteiger partial charge in [0.1, 0.15) is 12.4 Å². The molecule has 0 saturated carbocycles. The summed E-state index contributed by atoms with van der Waals surface area (Å²) in [6, 6.07) is 9.17. The van der Waals surface area contributed by atoms with Crippen LogP contribution in [0.25, 0.3) is 6.08 Å². The lowest BCUT2D eigenvalue weighted by molar-refractivity contribution is -0.139. The first-order valence-electron chi connectivity index (χ1n) is 7.90.